The van der Waals surface area contributed by atoms with E-state index in [9.17, 15) is 4.79 Å². The average molecular weight is 357 g/mol. The quantitative estimate of drug-likeness (QED) is 0.582. The topological polar surface area (TPSA) is 55.6 Å². The van der Waals surface area contributed by atoms with Gasteiger partial charge in [0, 0.05) is 29.2 Å². The third-order valence-corrected chi connectivity index (χ3v) is 4.43. The van der Waals surface area contributed by atoms with E-state index in [0.717, 1.165) is 22.5 Å². The summed E-state index contributed by atoms with van der Waals surface area (Å²) < 4.78 is 7.19. The summed E-state index contributed by atoms with van der Waals surface area (Å²) in [7, 11) is 1.58. The largest absolute Gasteiger partial charge is 0.497 e. The van der Waals surface area contributed by atoms with Crippen LogP contribution in [0, 0.1) is 6.92 Å². The van der Waals surface area contributed by atoms with Gasteiger partial charge in [-0.25, -0.2) is 4.98 Å². The maximum atomic E-state index is 12.5. The number of nitrogens with one attached hydrogen (secondary N) is 1. The van der Waals surface area contributed by atoms with Gasteiger partial charge < -0.3 is 14.5 Å². The fourth-order valence-electron chi connectivity index (χ4n) is 3.02. The van der Waals surface area contributed by atoms with E-state index in [4.69, 9.17) is 9.72 Å². The molecule has 0 saturated heterocycles. The van der Waals surface area contributed by atoms with E-state index < -0.39 is 0 Å². The van der Waals surface area contributed by atoms with Crippen LogP contribution in [0.4, 0.5) is 5.69 Å². The molecule has 1 N–H and O–H groups in total. The summed E-state index contributed by atoms with van der Waals surface area (Å²) >= 11 is 0. The second-order valence-electron chi connectivity index (χ2n) is 6.32. The second kappa shape index (κ2) is 6.96. The number of hydrogen-bond acceptors (Lipinski definition) is 3. The number of ether oxygens (including phenoxy) is 1. The normalized spacial score (nSPS) is 10.7. The Morgan fingerprint density at radius 2 is 1.93 bits per heavy atom. The van der Waals surface area contributed by atoms with Gasteiger partial charge in [-0.1, -0.05) is 24.3 Å². The number of nitrogens with zero attached hydrogens (tertiary/aromatic N) is 2. The Balaban J connectivity index is 1.62. The minimum atomic E-state index is -0.183. The lowest BCUT2D eigenvalue weighted by Gasteiger charge is -2.08. The van der Waals surface area contributed by atoms with Crippen molar-refractivity contribution in [3.63, 3.8) is 0 Å². The van der Waals surface area contributed by atoms with Gasteiger partial charge in [-0.2, -0.15) is 0 Å². The lowest BCUT2D eigenvalue weighted by atomic mass is 10.1. The van der Waals surface area contributed by atoms with Crippen LogP contribution < -0.4 is 10.1 Å². The third kappa shape index (κ3) is 3.40. The molecule has 0 bridgehead atoms. The average Bonchev–Trinajstić information content (AvgIpc) is 3.14. The van der Waals surface area contributed by atoms with E-state index in [1.165, 1.54) is 0 Å². The molecule has 4 aromatic rings. The fourth-order valence-corrected chi connectivity index (χ4v) is 3.02. The van der Waals surface area contributed by atoms with Crippen molar-refractivity contribution < 1.29 is 9.53 Å². The van der Waals surface area contributed by atoms with Crippen LogP contribution in [-0.4, -0.2) is 22.4 Å². The van der Waals surface area contributed by atoms with Crippen molar-refractivity contribution in [3.8, 4) is 17.0 Å². The lowest BCUT2D eigenvalue weighted by molar-refractivity contribution is 0.102. The number of fused-ring (bicyclic) bond motifs is 1. The number of carbonyl (C=O) groups is 1. The summed E-state index contributed by atoms with van der Waals surface area (Å²) in [6.07, 6.45) is 3.97. The molecule has 0 unspecified atom stereocenters. The molecule has 0 saturated carbocycles. The lowest BCUT2D eigenvalue weighted by Crippen LogP contribution is -2.11. The molecule has 1 amide bonds. The number of hydrogen-bond donors (Lipinski definition) is 1. The van der Waals surface area contributed by atoms with Crippen LogP contribution in [0.5, 0.6) is 5.75 Å². The van der Waals surface area contributed by atoms with Gasteiger partial charge in [0.25, 0.3) is 5.91 Å². The maximum absolute atomic E-state index is 12.5. The SMILES string of the molecule is COc1cccc(C(=O)Nc2cccc(-c3cn4cccc(C)c4n3)c2)c1. The van der Waals surface area contributed by atoms with Crippen LogP contribution in [0.25, 0.3) is 16.9 Å². The van der Waals surface area contributed by atoms with Gasteiger partial charge >= 0.3 is 0 Å². The highest BCUT2D eigenvalue weighted by molar-refractivity contribution is 6.04. The molecule has 5 heteroatoms. The van der Waals surface area contributed by atoms with E-state index in [1.807, 2.05) is 66.2 Å². The Morgan fingerprint density at radius 3 is 2.74 bits per heavy atom. The van der Waals surface area contributed by atoms with E-state index >= 15 is 0 Å². The number of imidazole rings is 1. The highest BCUT2D eigenvalue weighted by Crippen LogP contribution is 2.24. The first-order valence-electron chi connectivity index (χ1n) is 8.64. The monoisotopic (exact) mass is 357 g/mol. The molecular formula is C22H19N3O2. The summed E-state index contributed by atoms with van der Waals surface area (Å²) in [5.41, 5.74) is 5.12. The number of benzene rings is 2. The summed E-state index contributed by atoms with van der Waals surface area (Å²) in [6.45, 7) is 2.04. The molecule has 0 fully saturated rings. The van der Waals surface area contributed by atoms with Gasteiger partial charge in [-0.15, -0.1) is 0 Å². The van der Waals surface area contributed by atoms with Crippen LogP contribution in [0.1, 0.15) is 15.9 Å². The number of rotatable bonds is 4. The summed E-state index contributed by atoms with van der Waals surface area (Å²) in [4.78, 5) is 17.2. The van der Waals surface area contributed by atoms with Crippen molar-refractivity contribution in [2.24, 2.45) is 0 Å². The van der Waals surface area contributed by atoms with Gasteiger partial charge in [0.05, 0.1) is 12.8 Å². The highest BCUT2D eigenvalue weighted by atomic mass is 16.5. The zero-order valence-corrected chi connectivity index (χ0v) is 15.1. The van der Waals surface area contributed by atoms with Crippen molar-refractivity contribution in [1.29, 1.82) is 0 Å². The number of aryl methyl sites for hydroxylation is 1. The first-order valence-corrected chi connectivity index (χ1v) is 8.64. The molecule has 0 radical (unpaired) electrons. The second-order valence-corrected chi connectivity index (χ2v) is 6.32. The number of methoxy groups -OCH3 is 1. The standard InChI is InChI=1S/C22H19N3O2/c1-15-6-5-11-25-14-20(24-21(15)25)16-7-3-9-18(12-16)23-22(26)17-8-4-10-19(13-17)27-2/h3-14H,1-2H3,(H,23,26). The molecule has 134 valence electrons. The van der Waals surface area contributed by atoms with Crippen molar-refractivity contribution in [2.45, 2.75) is 6.92 Å². The van der Waals surface area contributed by atoms with Gasteiger partial charge in [-0.05, 0) is 48.9 Å². The molecule has 4 rings (SSSR count). The highest BCUT2D eigenvalue weighted by Gasteiger charge is 2.10. The maximum Gasteiger partial charge on any atom is 0.255 e. The Hall–Kier alpha value is -3.60. The van der Waals surface area contributed by atoms with Crippen LogP contribution in [-0.2, 0) is 0 Å². The van der Waals surface area contributed by atoms with Crippen LogP contribution in [0.3, 0.4) is 0 Å². The number of aromatic nitrogens is 2. The third-order valence-electron chi connectivity index (χ3n) is 4.43. The summed E-state index contributed by atoms with van der Waals surface area (Å²) in [5.74, 6) is 0.466. The molecule has 2 aromatic heterocycles. The Bertz CT molecular complexity index is 1130. The zero-order valence-electron chi connectivity index (χ0n) is 15.1. The van der Waals surface area contributed by atoms with E-state index in [2.05, 4.69) is 5.32 Å². The zero-order chi connectivity index (χ0) is 18.8. The Morgan fingerprint density at radius 1 is 1.07 bits per heavy atom. The van der Waals surface area contributed by atoms with Crippen LogP contribution in [0.15, 0.2) is 73.1 Å². The fraction of sp³-hybridized carbons (Fsp3) is 0.0909. The summed E-state index contributed by atoms with van der Waals surface area (Å²) in [6, 6.07) is 18.8. The van der Waals surface area contributed by atoms with Crippen molar-refractivity contribution in [1.82, 2.24) is 9.38 Å². The molecule has 0 aliphatic rings. The number of amides is 1. The minimum absolute atomic E-state index is 0.183. The molecule has 27 heavy (non-hydrogen) atoms. The smallest absolute Gasteiger partial charge is 0.255 e. The first-order chi connectivity index (χ1) is 13.1. The van der Waals surface area contributed by atoms with Crippen LogP contribution >= 0.6 is 0 Å². The van der Waals surface area contributed by atoms with E-state index in [-0.39, 0.29) is 5.91 Å². The molecule has 0 spiro atoms. The van der Waals surface area contributed by atoms with Crippen molar-refractivity contribution >= 4 is 17.2 Å². The molecule has 0 atom stereocenters. The van der Waals surface area contributed by atoms with Gasteiger partial charge in [0.15, 0.2) is 0 Å². The van der Waals surface area contributed by atoms with Gasteiger partial charge in [0.1, 0.15) is 11.4 Å². The molecule has 5 nitrogen and oxygen atoms in total. The molecule has 0 aliphatic carbocycles. The predicted molar refractivity (Wildman–Crippen MR) is 106 cm³/mol. The molecule has 0 aliphatic heterocycles. The van der Waals surface area contributed by atoms with Crippen LogP contribution in [0.2, 0.25) is 0 Å². The van der Waals surface area contributed by atoms with Crippen molar-refractivity contribution in [3.05, 3.63) is 84.2 Å². The van der Waals surface area contributed by atoms with Gasteiger partial charge in [-0.3, -0.25) is 4.79 Å². The Labute approximate surface area is 157 Å². The van der Waals surface area contributed by atoms with Crippen molar-refractivity contribution in [2.75, 3.05) is 12.4 Å². The number of carbonyl (C=O) groups excluding carboxylic acids is 1. The minimum Gasteiger partial charge on any atom is -0.497 e. The van der Waals surface area contributed by atoms with E-state index in [0.29, 0.717) is 17.0 Å². The molecule has 2 heterocycles. The first kappa shape index (κ1) is 16.8. The van der Waals surface area contributed by atoms with E-state index in [1.54, 1.807) is 25.3 Å². The van der Waals surface area contributed by atoms with Gasteiger partial charge in [0.2, 0.25) is 0 Å². The predicted octanol–water partition coefficient (Wildman–Crippen LogP) is 4.57. The molecular weight excluding hydrogens is 338 g/mol. The Kier molecular flexibility index (Phi) is 4.34. The molecule has 2 aromatic carbocycles. The number of anilines is 1. The number of pyridine rings is 1. The summed E-state index contributed by atoms with van der Waals surface area (Å²) in [5, 5.41) is 2.94.